The summed E-state index contributed by atoms with van der Waals surface area (Å²) in [5.41, 5.74) is 0.999. The van der Waals surface area contributed by atoms with Crippen LogP contribution in [-0.4, -0.2) is 36.5 Å². The quantitative estimate of drug-likeness (QED) is 0.859. The Kier molecular flexibility index (Phi) is 3.12. The van der Waals surface area contributed by atoms with Crippen molar-refractivity contribution in [2.75, 3.05) is 19.6 Å². The molecule has 18 heavy (non-hydrogen) atoms. The average Bonchev–Trinajstić information content (AvgIpc) is 2.99. The maximum atomic E-state index is 12.6. The fourth-order valence-electron chi connectivity index (χ4n) is 3.14. The number of hydrogen-bond acceptors (Lipinski definition) is 3. The summed E-state index contributed by atoms with van der Waals surface area (Å²) < 4.78 is 0. The number of fused-ring (bicyclic) bond motifs is 1. The molecule has 1 aromatic heterocycles. The molecule has 1 amide bonds. The maximum Gasteiger partial charge on any atom is 0.265 e. The Hall–Kier alpha value is -0.580. The molecule has 3 rings (SSSR count). The molecule has 3 unspecified atom stereocenters. The van der Waals surface area contributed by atoms with Crippen molar-refractivity contribution in [2.45, 2.75) is 19.9 Å². The Morgan fingerprint density at radius 2 is 2.33 bits per heavy atom. The van der Waals surface area contributed by atoms with E-state index in [2.05, 4.69) is 12.2 Å². The Balaban J connectivity index is 1.84. The number of nitrogens with zero attached hydrogens (tertiary/aromatic N) is 1. The molecule has 2 aliphatic heterocycles. The summed E-state index contributed by atoms with van der Waals surface area (Å²) in [7, 11) is 0. The lowest BCUT2D eigenvalue weighted by Gasteiger charge is -2.24. The van der Waals surface area contributed by atoms with E-state index in [1.807, 2.05) is 17.2 Å². The summed E-state index contributed by atoms with van der Waals surface area (Å²) in [5.74, 6) is 1.33. The molecule has 0 aromatic carbocycles. The van der Waals surface area contributed by atoms with Gasteiger partial charge in [-0.15, -0.1) is 11.3 Å². The number of halogens is 1. The largest absolute Gasteiger partial charge is 0.335 e. The van der Waals surface area contributed by atoms with Gasteiger partial charge in [0.25, 0.3) is 5.91 Å². The SMILES string of the molecule is Cc1csc(C(=O)N2CC3CNCC3C2C)c1Cl. The molecule has 0 aliphatic carbocycles. The molecule has 1 aromatic rings. The molecule has 5 heteroatoms. The predicted octanol–water partition coefficient (Wildman–Crippen LogP) is 2.39. The van der Waals surface area contributed by atoms with Gasteiger partial charge in [0, 0.05) is 25.7 Å². The van der Waals surface area contributed by atoms with E-state index in [-0.39, 0.29) is 5.91 Å². The Bertz CT molecular complexity index is 487. The maximum absolute atomic E-state index is 12.6. The van der Waals surface area contributed by atoms with Gasteiger partial charge < -0.3 is 10.2 Å². The lowest BCUT2D eigenvalue weighted by Crippen LogP contribution is -2.37. The summed E-state index contributed by atoms with van der Waals surface area (Å²) >= 11 is 7.66. The van der Waals surface area contributed by atoms with Crippen LogP contribution in [0.4, 0.5) is 0 Å². The number of nitrogens with one attached hydrogen (secondary N) is 1. The van der Waals surface area contributed by atoms with E-state index in [4.69, 9.17) is 11.6 Å². The van der Waals surface area contributed by atoms with Crippen LogP contribution in [0.5, 0.6) is 0 Å². The molecule has 0 bridgehead atoms. The number of carbonyl (C=O) groups is 1. The van der Waals surface area contributed by atoms with Crippen LogP contribution in [0.1, 0.15) is 22.2 Å². The van der Waals surface area contributed by atoms with Crippen molar-refractivity contribution in [3.05, 3.63) is 20.8 Å². The molecule has 3 nitrogen and oxygen atoms in total. The first-order valence-electron chi connectivity index (χ1n) is 6.35. The highest BCUT2D eigenvalue weighted by Crippen LogP contribution is 2.36. The number of aryl methyl sites for hydroxylation is 1. The molecule has 2 fully saturated rings. The Morgan fingerprint density at radius 3 is 2.94 bits per heavy atom. The zero-order chi connectivity index (χ0) is 12.9. The molecular weight excluding hydrogens is 268 g/mol. The number of carbonyl (C=O) groups excluding carboxylic acids is 1. The molecule has 0 radical (unpaired) electrons. The van der Waals surface area contributed by atoms with E-state index < -0.39 is 0 Å². The molecule has 3 heterocycles. The van der Waals surface area contributed by atoms with Crippen molar-refractivity contribution in [2.24, 2.45) is 11.8 Å². The smallest absolute Gasteiger partial charge is 0.265 e. The van der Waals surface area contributed by atoms with Crippen molar-refractivity contribution >= 4 is 28.8 Å². The fourth-order valence-corrected chi connectivity index (χ4v) is 4.37. The molecule has 3 atom stereocenters. The van der Waals surface area contributed by atoms with Gasteiger partial charge >= 0.3 is 0 Å². The second kappa shape index (κ2) is 4.51. The normalized spacial score (nSPS) is 30.8. The van der Waals surface area contributed by atoms with E-state index in [1.165, 1.54) is 11.3 Å². The summed E-state index contributed by atoms with van der Waals surface area (Å²) in [4.78, 5) is 15.3. The van der Waals surface area contributed by atoms with Crippen molar-refractivity contribution in [3.63, 3.8) is 0 Å². The fraction of sp³-hybridized carbons (Fsp3) is 0.615. The minimum Gasteiger partial charge on any atom is -0.335 e. The van der Waals surface area contributed by atoms with Crippen LogP contribution in [0.2, 0.25) is 5.02 Å². The van der Waals surface area contributed by atoms with Gasteiger partial charge in [-0.1, -0.05) is 11.6 Å². The second-order valence-electron chi connectivity index (χ2n) is 5.34. The number of amides is 1. The molecule has 0 saturated carbocycles. The van der Waals surface area contributed by atoms with Gasteiger partial charge in [-0.3, -0.25) is 4.79 Å². The topological polar surface area (TPSA) is 32.3 Å². The van der Waals surface area contributed by atoms with Crippen LogP contribution >= 0.6 is 22.9 Å². The molecule has 0 spiro atoms. The lowest BCUT2D eigenvalue weighted by atomic mass is 9.95. The summed E-state index contributed by atoms with van der Waals surface area (Å²) in [6, 6.07) is 0.316. The third-order valence-electron chi connectivity index (χ3n) is 4.29. The van der Waals surface area contributed by atoms with E-state index in [0.29, 0.717) is 27.8 Å². The summed E-state index contributed by atoms with van der Waals surface area (Å²) in [6.45, 7) is 7.04. The first kappa shape index (κ1) is 12.5. The third kappa shape index (κ3) is 1.78. The zero-order valence-corrected chi connectivity index (χ0v) is 12.1. The minimum absolute atomic E-state index is 0.111. The highest BCUT2D eigenvalue weighted by Gasteiger charge is 2.44. The van der Waals surface area contributed by atoms with Gasteiger partial charge in [0.2, 0.25) is 0 Å². The van der Waals surface area contributed by atoms with Crippen LogP contribution in [0.3, 0.4) is 0 Å². The molecule has 2 saturated heterocycles. The Morgan fingerprint density at radius 1 is 1.56 bits per heavy atom. The minimum atomic E-state index is 0.111. The zero-order valence-electron chi connectivity index (χ0n) is 10.6. The van der Waals surface area contributed by atoms with Crippen LogP contribution in [-0.2, 0) is 0 Å². The van der Waals surface area contributed by atoms with E-state index >= 15 is 0 Å². The van der Waals surface area contributed by atoms with Crippen LogP contribution < -0.4 is 5.32 Å². The number of rotatable bonds is 1. The molecule has 98 valence electrons. The Labute approximate surface area is 116 Å². The summed E-state index contributed by atoms with van der Waals surface area (Å²) in [5, 5.41) is 6.00. The van der Waals surface area contributed by atoms with Gasteiger partial charge in [-0.2, -0.15) is 0 Å². The first-order chi connectivity index (χ1) is 8.59. The van der Waals surface area contributed by atoms with Crippen molar-refractivity contribution in [3.8, 4) is 0 Å². The molecule has 1 N–H and O–H groups in total. The second-order valence-corrected chi connectivity index (χ2v) is 6.60. The van der Waals surface area contributed by atoms with Gasteiger partial charge in [0.15, 0.2) is 0 Å². The highest BCUT2D eigenvalue weighted by atomic mass is 35.5. The standard InChI is InChI=1S/C13H17ClN2OS/c1-7-6-18-12(11(7)14)13(17)16-5-9-3-15-4-10(9)8(16)2/h6,8-10,15H,3-5H2,1-2H3. The monoisotopic (exact) mass is 284 g/mol. The van der Waals surface area contributed by atoms with Gasteiger partial charge in [-0.05, 0) is 36.6 Å². The molecular formula is C13H17ClN2OS. The summed E-state index contributed by atoms with van der Waals surface area (Å²) in [6.07, 6.45) is 0. The van der Waals surface area contributed by atoms with Crippen LogP contribution in [0.25, 0.3) is 0 Å². The number of likely N-dealkylation sites (tertiary alicyclic amines) is 1. The van der Waals surface area contributed by atoms with Crippen LogP contribution in [0, 0.1) is 18.8 Å². The van der Waals surface area contributed by atoms with E-state index in [0.717, 1.165) is 25.2 Å². The van der Waals surface area contributed by atoms with E-state index in [1.54, 1.807) is 0 Å². The number of hydrogen-bond donors (Lipinski definition) is 1. The van der Waals surface area contributed by atoms with E-state index in [9.17, 15) is 4.79 Å². The van der Waals surface area contributed by atoms with Crippen molar-refractivity contribution in [1.29, 1.82) is 0 Å². The van der Waals surface area contributed by atoms with Gasteiger partial charge in [0.05, 0.1) is 5.02 Å². The van der Waals surface area contributed by atoms with Crippen molar-refractivity contribution in [1.82, 2.24) is 10.2 Å². The first-order valence-corrected chi connectivity index (χ1v) is 7.60. The third-order valence-corrected chi connectivity index (χ3v) is 5.97. The van der Waals surface area contributed by atoms with Crippen LogP contribution in [0.15, 0.2) is 5.38 Å². The predicted molar refractivity (Wildman–Crippen MR) is 74.4 cm³/mol. The molecule has 2 aliphatic rings. The highest BCUT2D eigenvalue weighted by molar-refractivity contribution is 7.13. The number of thiophene rings is 1. The van der Waals surface area contributed by atoms with Gasteiger partial charge in [-0.25, -0.2) is 0 Å². The van der Waals surface area contributed by atoms with Crippen molar-refractivity contribution < 1.29 is 4.79 Å². The average molecular weight is 285 g/mol. The lowest BCUT2D eigenvalue weighted by molar-refractivity contribution is 0.0733. The van der Waals surface area contributed by atoms with Gasteiger partial charge in [0.1, 0.15) is 4.88 Å².